The predicted molar refractivity (Wildman–Crippen MR) is 70.4 cm³/mol. The molecule has 0 bridgehead atoms. The van der Waals surface area contributed by atoms with Gasteiger partial charge in [0.25, 0.3) is 0 Å². The van der Waals surface area contributed by atoms with Gasteiger partial charge in [0.05, 0.1) is 19.9 Å². The van der Waals surface area contributed by atoms with E-state index in [1.807, 2.05) is 5.32 Å². The second-order valence-electron chi connectivity index (χ2n) is 3.79. The van der Waals surface area contributed by atoms with E-state index in [9.17, 15) is 9.59 Å². The molecule has 0 saturated heterocycles. The summed E-state index contributed by atoms with van der Waals surface area (Å²) in [6.45, 7) is 1.60. The Balaban J connectivity index is 2.81. The maximum Gasteiger partial charge on any atom is 0.318 e. The molecule has 0 aliphatic heterocycles. The van der Waals surface area contributed by atoms with Crippen molar-refractivity contribution in [2.24, 2.45) is 5.73 Å². The Morgan fingerprint density at radius 3 is 2.47 bits per heavy atom. The third-order valence-electron chi connectivity index (χ3n) is 2.42. The van der Waals surface area contributed by atoms with Gasteiger partial charge in [-0.05, 0) is 19.1 Å². The molecule has 104 valence electrons. The van der Waals surface area contributed by atoms with Crippen LogP contribution >= 0.6 is 0 Å². The Kier molecular flexibility index (Phi) is 4.99. The van der Waals surface area contributed by atoms with E-state index in [1.165, 1.54) is 7.11 Å². The molecule has 0 spiro atoms. The SMILES string of the molecule is COc1ccc(NC(C)C(=O)NC(N)=O)c(OC)c1. The van der Waals surface area contributed by atoms with Crippen LogP contribution in [0.5, 0.6) is 11.5 Å². The molecule has 0 aromatic heterocycles. The number of methoxy groups -OCH3 is 2. The van der Waals surface area contributed by atoms with Crippen molar-refractivity contribution in [2.75, 3.05) is 19.5 Å². The molecular formula is C12H17N3O4. The van der Waals surface area contributed by atoms with Gasteiger partial charge in [-0.15, -0.1) is 0 Å². The molecule has 0 aliphatic carbocycles. The third-order valence-corrected chi connectivity index (χ3v) is 2.42. The molecule has 1 atom stereocenters. The van der Waals surface area contributed by atoms with Crippen molar-refractivity contribution in [3.8, 4) is 11.5 Å². The van der Waals surface area contributed by atoms with E-state index in [0.717, 1.165) is 0 Å². The predicted octanol–water partition coefficient (Wildman–Crippen LogP) is 0.699. The van der Waals surface area contributed by atoms with Crippen molar-refractivity contribution in [3.63, 3.8) is 0 Å². The van der Waals surface area contributed by atoms with E-state index in [0.29, 0.717) is 17.2 Å². The Labute approximate surface area is 111 Å². The van der Waals surface area contributed by atoms with E-state index in [4.69, 9.17) is 15.2 Å². The number of carbonyl (C=O) groups is 2. The number of anilines is 1. The number of hydrogen-bond acceptors (Lipinski definition) is 5. The zero-order valence-electron chi connectivity index (χ0n) is 11.0. The van der Waals surface area contributed by atoms with Gasteiger partial charge in [-0.1, -0.05) is 0 Å². The fourth-order valence-electron chi connectivity index (χ4n) is 1.45. The first-order valence-electron chi connectivity index (χ1n) is 5.56. The Morgan fingerprint density at radius 2 is 1.95 bits per heavy atom. The van der Waals surface area contributed by atoms with E-state index < -0.39 is 18.0 Å². The number of imide groups is 1. The van der Waals surface area contributed by atoms with Gasteiger partial charge in [-0.2, -0.15) is 0 Å². The fourth-order valence-corrected chi connectivity index (χ4v) is 1.45. The van der Waals surface area contributed by atoms with Gasteiger partial charge in [0.1, 0.15) is 17.5 Å². The fraction of sp³-hybridized carbons (Fsp3) is 0.333. The molecule has 1 aromatic carbocycles. The first-order valence-corrected chi connectivity index (χ1v) is 5.56. The minimum atomic E-state index is -0.889. The van der Waals surface area contributed by atoms with E-state index in [2.05, 4.69) is 5.32 Å². The summed E-state index contributed by atoms with van der Waals surface area (Å²) < 4.78 is 10.3. The molecule has 7 heteroatoms. The molecule has 4 N–H and O–H groups in total. The van der Waals surface area contributed by atoms with Gasteiger partial charge in [0, 0.05) is 6.07 Å². The summed E-state index contributed by atoms with van der Waals surface area (Å²) >= 11 is 0. The molecule has 1 unspecified atom stereocenters. The summed E-state index contributed by atoms with van der Waals surface area (Å²) in [7, 11) is 3.05. The lowest BCUT2D eigenvalue weighted by molar-refractivity contribution is -0.120. The van der Waals surface area contributed by atoms with Crippen molar-refractivity contribution in [1.29, 1.82) is 0 Å². The zero-order valence-corrected chi connectivity index (χ0v) is 11.0. The number of primary amides is 1. The van der Waals surface area contributed by atoms with Gasteiger partial charge >= 0.3 is 6.03 Å². The highest BCUT2D eigenvalue weighted by Crippen LogP contribution is 2.29. The van der Waals surface area contributed by atoms with E-state index in [1.54, 1.807) is 32.2 Å². The number of carbonyl (C=O) groups excluding carboxylic acids is 2. The number of nitrogens with one attached hydrogen (secondary N) is 2. The van der Waals surface area contributed by atoms with Crippen LogP contribution in [0.1, 0.15) is 6.92 Å². The molecule has 0 heterocycles. The largest absolute Gasteiger partial charge is 0.497 e. The molecule has 0 saturated carbocycles. The van der Waals surface area contributed by atoms with Crippen LogP contribution in [-0.2, 0) is 4.79 Å². The van der Waals surface area contributed by atoms with Crippen LogP contribution in [0.2, 0.25) is 0 Å². The summed E-state index contributed by atoms with van der Waals surface area (Å²) in [4.78, 5) is 22.1. The monoisotopic (exact) mass is 267 g/mol. The number of amides is 3. The summed E-state index contributed by atoms with van der Waals surface area (Å²) in [5.74, 6) is 0.639. The average Bonchev–Trinajstić information content (AvgIpc) is 2.38. The Hall–Kier alpha value is -2.44. The van der Waals surface area contributed by atoms with Crippen LogP contribution in [0.25, 0.3) is 0 Å². The van der Waals surface area contributed by atoms with Gasteiger partial charge in [0.15, 0.2) is 0 Å². The van der Waals surface area contributed by atoms with Gasteiger partial charge in [-0.3, -0.25) is 10.1 Å². The molecule has 3 amide bonds. The van der Waals surface area contributed by atoms with Crippen molar-refractivity contribution in [3.05, 3.63) is 18.2 Å². The molecule has 19 heavy (non-hydrogen) atoms. The van der Waals surface area contributed by atoms with Crippen LogP contribution in [0.4, 0.5) is 10.5 Å². The number of benzene rings is 1. The summed E-state index contributed by atoms with van der Waals surface area (Å²) in [5, 5.41) is 4.91. The van der Waals surface area contributed by atoms with Crippen LogP contribution in [0.3, 0.4) is 0 Å². The molecule has 1 rings (SSSR count). The normalized spacial score (nSPS) is 11.3. The second-order valence-corrected chi connectivity index (χ2v) is 3.79. The topological polar surface area (TPSA) is 103 Å². The van der Waals surface area contributed by atoms with Crippen molar-refractivity contribution >= 4 is 17.6 Å². The average molecular weight is 267 g/mol. The van der Waals surface area contributed by atoms with Crippen LogP contribution in [0, 0.1) is 0 Å². The lowest BCUT2D eigenvalue weighted by Gasteiger charge is -2.17. The smallest absolute Gasteiger partial charge is 0.318 e. The summed E-state index contributed by atoms with van der Waals surface area (Å²) in [6.07, 6.45) is 0. The Morgan fingerprint density at radius 1 is 1.26 bits per heavy atom. The minimum absolute atomic E-state index is 0.523. The van der Waals surface area contributed by atoms with Crippen LogP contribution < -0.4 is 25.8 Å². The van der Waals surface area contributed by atoms with Crippen molar-refractivity contribution < 1.29 is 19.1 Å². The molecule has 1 aromatic rings. The molecule has 7 nitrogen and oxygen atoms in total. The van der Waals surface area contributed by atoms with Crippen LogP contribution in [-0.4, -0.2) is 32.2 Å². The Bertz CT molecular complexity index is 476. The maximum absolute atomic E-state index is 11.5. The molecule has 0 fully saturated rings. The quantitative estimate of drug-likeness (QED) is 0.728. The van der Waals surface area contributed by atoms with E-state index in [-0.39, 0.29) is 0 Å². The minimum Gasteiger partial charge on any atom is -0.497 e. The highest BCUT2D eigenvalue weighted by Gasteiger charge is 2.16. The standard InChI is InChI=1S/C12H17N3O4/c1-7(11(16)15-12(13)17)14-9-5-4-8(18-2)6-10(9)19-3/h4-7,14H,1-3H3,(H3,13,15,16,17). The third kappa shape index (κ3) is 4.06. The number of urea groups is 1. The first-order chi connectivity index (χ1) is 8.97. The van der Waals surface area contributed by atoms with E-state index >= 15 is 0 Å². The number of rotatable bonds is 5. The summed E-state index contributed by atoms with van der Waals surface area (Å²) in [5.41, 5.74) is 5.49. The zero-order chi connectivity index (χ0) is 14.4. The molecule has 0 aliphatic rings. The van der Waals surface area contributed by atoms with Gasteiger partial charge in [0.2, 0.25) is 5.91 Å². The number of ether oxygens (including phenoxy) is 2. The lowest BCUT2D eigenvalue weighted by Crippen LogP contribution is -2.43. The van der Waals surface area contributed by atoms with Crippen LogP contribution in [0.15, 0.2) is 18.2 Å². The highest BCUT2D eigenvalue weighted by atomic mass is 16.5. The molecular weight excluding hydrogens is 250 g/mol. The van der Waals surface area contributed by atoms with Crippen molar-refractivity contribution in [2.45, 2.75) is 13.0 Å². The number of nitrogens with two attached hydrogens (primary N) is 1. The van der Waals surface area contributed by atoms with Gasteiger partial charge < -0.3 is 20.5 Å². The summed E-state index contributed by atoms with van der Waals surface area (Å²) in [6, 6.07) is 3.59. The van der Waals surface area contributed by atoms with Crippen molar-refractivity contribution in [1.82, 2.24) is 5.32 Å². The number of hydrogen-bond donors (Lipinski definition) is 3. The first kappa shape index (κ1) is 14.6. The highest BCUT2D eigenvalue weighted by molar-refractivity contribution is 5.97. The van der Waals surface area contributed by atoms with Gasteiger partial charge in [-0.25, -0.2) is 4.79 Å². The second kappa shape index (κ2) is 6.48. The lowest BCUT2D eigenvalue weighted by atomic mass is 10.2. The molecule has 0 radical (unpaired) electrons. The maximum atomic E-state index is 11.5.